The number of nitrogens with two attached hydrogens (primary N) is 1. The van der Waals surface area contributed by atoms with Crippen LogP contribution in [0.25, 0.3) is 0 Å². The van der Waals surface area contributed by atoms with Crippen molar-refractivity contribution in [3.8, 4) is 0 Å². The first-order valence-electron chi connectivity index (χ1n) is 11.7. The van der Waals surface area contributed by atoms with Gasteiger partial charge in [0.2, 0.25) is 0 Å². The van der Waals surface area contributed by atoms with E-state index in [2.05, 4.69) is 37.0 Å². The maximum Gasteiger partial charge on any atom is 0.135 e. The molecule has 4 aliphatic heterocycles. The second kappa shape index (κ2) is 9.63. The van der Waals surface area contributed by atoms with Gasteiger partial charge in [-0.3, -0.25) is 9.80 Å². The van der Waals surface area contributed by atoms with Crippen molar-refractivity contribution in [2.75, 3.05) is 45.9 Å². The van der Waals surface area contributed by atoms with Crippen LogP contribution in [-0.2, 0) is 11.2 Å². The number of rotatable bonds is 5. The first-order valence-corrected chi connectivity index (χ1v) is 12.0. The zero-order valence-electron chi connectivity index (χ0n) is 18.4. The van der Waals surface area contributed by atoms with Gasteiger partial charge in [-0.05, 0) is 37.0 Å². The lowest BCUT2D eigenvalue weighted by Gasteiger charge is -2.48. The molecule has 4 heterocycles. The number of ether oxygens (including phenoxy) is 1. The molecule has 5 rings (SSSR count). The van der Waals surface area contributed by atoms with Crippen molar-refractivity contribution >= 4 is 23.3 Å². The molecule has 0 amide bonds. The highest BCUT2D eigenvalue weighted by Crippen LogP contribution is 2.27. The molecule has 0 unspecified atom stereocenters. The molecule has 0 aliphatic carbocycles. The van der Waals surface area contributed by atoms with Gasteiger partial charge in [-0.25, -0.2) is 4.39 Å². The summed E-state index contributed by atoms with van der Waals surface area (Å²) in [6.45, 7) is 5.44. The minimum Gasteiger partial charge on any atom is -0.385 e. The topological polar surface area (TPSA) is 69.7 Å². The van der Waals surface area contributed by atoms with Gasteiger partial charge in [-0.2, -0.15) is 0 Å². The zero-order valence-corrected chi connectivity index (χ0v) is 19.1. The molecule has 0 bridgehead atoms. The molecule has 0 saturated carbocycles. The van der Waals surface area contributed by atoms with Crippen molar-refractivity contribution in [3.63, 3.8) is 0 Å². The maximum absolute atomic E-state index is 13.3. The van der Waals surface area contributed by atoms with Crippen LogP contribution in [-0.4, -0.2) is 96.6 Å². The van der Waals surface area contributed by atoms with Gasteiger partial charge in [0.1, 0.15) is 17.8 Å². The summed E-state index contributed by atoms with van der Waals surface area (Å²) in [5.41, 5.74) is 7.09. The van der Waals surface area contributed by atoms with Crippen molar-refractivity contribution in [1.82, 2.24) is 14.7 Å². The predicted molar refractivity (Wildman–Crippen MR) is 125 cm³/mol. The Morgan fingerprint density at radius 1 is 1.09 bits per heavy atom. The van der Waals surface area contributed by atoms with Crippen LogP contribution < -0.4 is 5.73 Å². The molecular formula is C23H32ClFN6O. The molecule has 4 aliphatic rings. The summed E-state index contributed by atoms with van der Waals surface area (Å²) in [5.74, 6) is 1.60. The summed E-state index contributed by atoms with van der Waals surface area (Å²) in [4.78, 5) is 7.15. The van der Waals surface area contributed by atoms with Crippen LogP contribution in [0.4, 0.5) is 4.39 Å². The third-order valence-electron chi connectivity index (χ3n) is 7.10. The minimum absolute atomic E-state index is 0.134. The van der Waals surface area contributed by atoms with Crippen LogP contribution in [0.15, 0.2) is 34.5 Å². The predicted octanol–water partition coefficient (Wildman–Crippen LogP) is 2.14. The van der Waals surface area contributed by atoms with E-state index in [-0.39, 0.29) is 6.10 Å². The molecule has 7 nitrogen and oxygen atoms in total. The Labute approximate surface area is 194 Å². The first kappa shape index (κ1) is 22.1. The minimum atomic E-state index is -0.673. The first-order chi connectivity index (χ1) is 15.5. The summed E-state index contributed by atoms with van der Waals surface area (Å²) >= 11 is 6.08. The zero-order chi connectivity index (χ0) is 22.1. The van der Waals surface area contributed by atoms with Crippen molar-refractivity contribution < 1.29 is 9.13 Å². The highest BCUT2D eigenvalue weighted by molar-refractivity contribution is 6.30. The Balaban J connectivity index is 1.23. The Bertz CT molecular complexity index is 851. The maximum atomic E-state index is 13.3. The van der Waals surface area contributed by atoms with E-state index in [1.165, 1.54) is 5.56 Å². The van der Waals surface area contributed by atoms with Gasteiger partial charge in [-0.1, -0.05) is 23.7 Å². The van der Waals surface area contributed by atoms with Gasteiger partial charge in [0.15, 0.2) is 0 Å². The molecule has 9 heteroatoms. The second-order valence-corrected chi connectivity index (χ2v) is 9.89. The summed E-state index contributed by atoms with van der Waals surface area (Å²) in [6, 6.07) is 8.97. The number of morpholine rings is 1. The van der Waals surface area contributed by atoms with Gasteiger partial charge in [0, 0.05) is 56.4 Å². The standard InChI is InChI=1S/C23H32ClFN6O/c24-17-3-1-16(2-4-17)9-20-15-32-21(13-29-11-18(25)12-29)14-31(20)19-5-7-30(8-6-19)23-10-22(26)27-28-23/h1-4,18-21H,5-15H2,(H2,26,27)/t20-,21-/m0/s1. The van der Waals surface area contributed by atoms with E-state index in [0.29, 0.717) is 44.0 Å². The fourth-order valence-electron chi connectivity index (χ4n) is 5.34. The van der Waals surface area contributed by atoms with Gasteiger partial charge >= 0.3 is 0 Å². The molecule has 3 fully saturated rings. The van der Waals surface area contributed by atoms with Crippen molar-refractivity contribution in [2.45, 2.75) is 50.0 Å². The van der Waals surface area contributed by atoms with Gasteiger partial charge in [-0.15, -0.1) is 10.2 Å². The average Bonchev–Trinajstić information content (AvgIpc) is 3.22. The summed E-state index contributed by atoms with van der Waals surface area (Å²) in [5, 5.41) is 9.01. The molecule has 0 radical (unpaired) electrons. The lowest BCUT2D eigenvalue weighted by Crippen LogP contribution is -2.60. The number of hydrogen-bond acceptors (Lipinski definition) is 7. The SMILES string of the molecule is NC1=NN=C(N2CCC(N3C[C@H](CN4CC(F)C4)OC[C@@H]3Cc3ccc(Cl)cc3)CC2)C1. The smallest absolute Gasteiger partial charge is 0.135 e. The quantitative estimate of drug-likeness (QED) is 0.726. The van der Waals surface area contributed by atoms with Crippen LogP contribution in [0.2, 0.25) is 5.02 Å². The van der Waals surface area contributed by atoms with Gasteiger partial charge < -0.3 is 15.4 Å². The Morgan fingerprint density at radius 3 is 2.50 bits per heavy atom. The molecule has 2 N–H and O–H groups in total. The van der Waals surface area contributed by atoms with E-state index in [1.54, 1.807) is 0 Å². The molecule has 2 atom stereocenters. The van der Waals surface area contributed by atoms with Gasteiger partial charge in [0.25, 0.3) is 0 Å². The molecule has 0 spiro atoms. The number of likely N-dealkylation sites (tertiary alicyclic amines) is 2. The number of amidine groups is 2. The average molecular weight is 463 g/mol. The number of nitrogens with zero attached hydrogens (tertiary/aromatic N) is 5. The third-order valence-corrected chi connectivity index (χ3v) is 7.35. The monoisotopic (exact) mass is 462 g/mol. The Hall–Kier alpha value is -1.74. The molecule has 174 valence electrons. The largest absolute Gasteiger partial charge is 0.385 e. The molecule has 1 aromatic rings. The van der Waals surface area contributed by atoms with E-state index in [4.69, 9.17) is 22.1 Å². The van der Waals surface area contributed by atoms with Crippen LogP contribution >= 0.6 is 11.6 Å². The Morgan fingerprint density at radius 2 is 1.84 bits per heavy atom. The fraction of sp³-hybridized carbons (Fsp3) is 0.652. The lowest BCUT2D eigenvalue weighted by atomic mass is 9.95. The van der Waals surface area contributed by atoms with Crippen LogP contribution in [0.5, 0.6) is 0 Å². The molecule has 32 heavy (non-hydrogen) atoms. The number of piperidine rings is 1. The summed E-state index contributed by atoms with van der Waals surface area (Å²) in [7, 11) is 0. The number of benzene rings is 1. The molecular weight excluding hydrogens is 431 g/mol. The van der Waals surface area contributed by atoms with E-state index < -0.39 is 6.17 Å². The molecule has 3 saturated heterocycles. The summed E-state index contributed by atoms with van der Waals surface area (Å²) in [6.07, 6.45) is 3.23. The normalized spacial score (nSPS) is 28.5. The van der Waals surface area contributed by atoms with E-state index in [0.717, 1.165) is 56.3 Å². The van der Waals surface area contributed by atoms with E-state index in [1.807, 2.05) is 12.1 Å². The Kier molecular flexibility index (Phi) is 6.64. The van der Waals surface area contributed by atoms with Crippen LogP contribution in [0, 0.1) is 0 Å². The number of halogens is 2. The molecule has 0 aromatic heterocycles. The second-order valence-electron chi connectivity index (χ2n) is 9.45. The van der Waals surface area contributed by atoms with Crippen molar-refractivity contribution in [1.29, 1.82) is 0 Å². The molecule has 1 aromatic carbocycles. The van der Waals surface area contributed by atoms with Gasteiger partial charge in [0.05, 0.1) is 19.1 Å². The van der Waals surface area contributed by atoms with Crippen LogP contribution in [0.1, 0.15) is 24.8 Å². The van der Waals surface area contributed by atoms with Crippen LogP contribution in [0.3, 0.4) is 0 Å². The number of hydrogen-bond donors (Lipinski definition) is 1. The fourth-order valence-corrected chi connectivity index (χ4v) is 5.46. The highest BCUT2D eigenvalue weighted by atomic mass is 35.5. The lowest BCUT2D eigenvalue weighted by molar-refractivity contribution is -0.103. The van der Waals surface area contributed by atoms with Crippen molar-refractivity contribution in [2.24, 2.45) is 15.9 Å². The van der Waals surface area contributed by atoms with E-state index >= 15 is 0 Å². The van der Waals surface area contributed by atoms with E-state index in [9.17, 15) is 4.39 Å². The third kappa shape index (κ3) is 5.09. The number of alkyl halides is 1. The van der Waals surface area contributed by atoms with Crippen molar-refractivity contribution in [3.05, 3.63) is 34.9 Å². The summed E-state index contributed by atoms with van der Waals surface area (Å²) < 4.78 is 19.6. The highest BCUT2D eigenvalue weighted by Gasteiger charge is 2.38.